The summed E-state index contributed by atoms with van der Waals surface area (Å²) in [6.45, 7) is 8.44. The third kappa shape index (κ3) is 6.71. The molecule has 8 nitrogen and oxygen atoms in total. The zero-order valence-electron chi connectivity index (χ0n) is 24.5. The summed E-state index contributed by atoms with van der Waals surface area (Å²) in [6, 6.07) is 10.0. The number of hydrogen-bond donors (Lipinski definition) is 3. The number of carbonyl (C=O) groups is 2. The first-order valence-electron chi connectivity index (χ1n) is 14.0. The molecule has 0 aliphatic carbocycles. The molecule has 42 heavy (non-hydrogen) atoms. The number of fused-ring (bicyclic) bond motifs is 2. The summed E-state index contributed by atoms with van der Waals surface area (Å²) < 4.78 is 0. The lowest BCUT2D eigenvalue weighted by molar-refractivity contribution is 0.0990. The van der Waals surface area contributed by atoms with Gasteiger partial charge in [-0.3, -0.25) is 19.5 Å². The number of carbonyl (C=O) groups excluding carboxylic acids is 2. The standard InChI is InChI=1S/C34H37N3O5/c1-22(2)9-5-10-23(3)11-6-12-24(4)16-18-36-28-19-26(38)20-30(40)32(28)37(33(41)25-13-8-17-35-21-25)31-27(34(36)42)14-7-15-29(31)39/h7-9,11,13-17,19-21,38-40H,5-6,10,12,18H2,1-4H3. The van der Waals surface area contributed by atoms with Crippen molar-refractivity contribution in [2.24, 2.45) is 0 Å². The molecular weight excluding hydrogens is 530 g/mol. The zero-order chi connectivity index (χ0) is 30.4. The first-order chi connectivity index (χ1) is 20.1. The third-order valence-corrected chi connectivity index (χ3v) is 7.14. The summed E-state index contributed by atoms with van der Waals surface area (Å²) in [4.78, 5) is 34.4. The predicted molar refractivity (Wildman–Crippen MR) is 166 cm³/mol. The Bertz CT molecular complexity index is 1570. The molecule has 2 aromatic carbocycles. The molecule has 2 heterocycles. The van der Waals surface area contributed by atoms with Gasteiger partial charge in [-0.15, -0.1) is 0 Å². The maximum atomic E-state index is 14.0. The van der Waals surface area contributed by atoms with E-state index in [1.165, 1.54) is 52.7 Å². The highest BCUT2D eigenvalue weighted by Gasteiger charge is 2.38. The molecule has 0 saturated heterocycles. The van der Waals surface area contributed by atoms with Crippen LogP contribution in [-0.4, -0.2) is 38.7 Å². The van der Waals surface area contributed by atoms with E-state index in [-0.39, 0.29) is 46.2 Å². The van der Waals surface area contributed by atoms with E-state index in [1.54, 1.807) is 12.1 Å². The van der Waals surface area contributed by atoms with Crippen molar-refractivity contribution < 1.29 is 24.9 Å². The van der Waals surface area contributed by atoms with Crippen molar-refractivity contribution in [1.29, 1.82) is 0 Å². The molecule has 0 fully saturated rings. The molecule has 1 aliphatic rings. The molecule has 8 heteroatoms. The van der Waals surface area contributed by atoms with E-state index in [2.05, 4.69) is 37.9 Å². The molecule has 2 amide bonds. The Morgan fingerprint density at radius 2 is 1.57 bits per heavy atom. The maximum absolute atomic E-state index is 14.0. The molecule has 0 radical (unpaired) electrons. The molecular formula is C34H37N3O5. The minimum absolute atomic E-state index is 0.0313. The number of phenols is 3. The van der Waals surface area contributed by atoms with Gasteiger partial charge in [-0.2, -0.15) is 0 Å². The summed E-state index contributed by atoms with van der Waals surface area (Å²) in [5, 5.41) is 32.4. The van der Waals surface area contributed by atoms with Crippen LogP contribution in [0.5, 0.6) is 17.2 Å². The van der Waals surface area contributed by atoms with Crippen molar-refractivity contribution >= 4 is 28.9 Å². The zero-order valence-corrected chi connectivity index (χ0v) is 24.5. The minimum atomic E-state index is -0.610. The van der Waals surface area contributed by atoms with Gasteiger partial charge in [0.2, 0.25) is 0 Å². The fourth-order valence-electron chi connectivity index (χ4n) is 4.92. The van der Waals surface area contributed by atoms with Crippen molar-refractivity contribution in [2.75, 3.05) is 16.3 Å². The number of aromatic hydroxyl groups is 3. The predicted octanol–water partition coefficient (Wildman–Crippen LogP) is 7.56. The van der Waals surface area contributed by atoms with Gasteiger partial charge < -0.3 is 20.2 Å². The average Bonchev–Trinajstić information content (AvgIpc) is 3.05. The summed E-state index contributed by atoms with van der Waals surface area (Å²) in [5.41, 5.74) is 4.00. The van der Waals surface area contributed by atoms with Gasteiger partial charge in [0.05, 0.1) is 16.8 Å². The fourth-order valence-corrected chi connectivity index (χ4v) is 4.92. The second-order valence-electron chi connectivity index (χ2n) is 10.8. The number of hydrogen-bond acceptors (Lipinski definition) is 6. The smallest absolute Gasteiger partial charge is 0.264 e. The second kappa shape index (κ2) is 13.2. The average molecular weight is 568 g/mol. The van der Waals surface area contributed by atoms with Crippen LogP contribution in [0.3, 0.4) is 0 Å². The van der Waals surface area contributed by atoms with Gasteiger partial charge in [0, 0.05) is 31.1 Å². The molecule has 0 bridgehead atoms. The van der Waals surface area contributed by atoms with Crippen LogP contribution in [-0.2, 0) is 0 Å². The number of amides is 2. The molecule has 4 rings (SSSR count). The molecule has 3 aromatic rings. The van der Waals surface area contributed by atoms with Crippen LogP contribution in [0.4, 0.5) is 17.1 Å². The van der Waals surface area contributed by atoms with E-state index in [1.807, 2.05) is 13.0 Å². The molecule has 0 unspecified atom stereocenters. The molecule has 0 saturated carbocycles. The Labute approximate surface area is 246 Å². The topological polar surface area (TPSA) is 114 Å². The van der Waals surface area contributed by atoms with Crippen LogP contribution < -0.4 is 9.80 Å². The number of benzene rings is 2. The number of rotatable bonds is 9. The molecule has 1 aromatic heterocycles. The van der Waals surface area contributed by atoms with Gasteiger partial charge >= 0.3 is 0 Å². The lowest BCUT2D eigenvalue weighted by atomic mass is 10.1. The van der Waals surface area contributed by atoms with E-state index >= 15 is 0 Å². The van der Waals surface area contributed by atoms with Gasteiger partial charge in [-0.25, -0.2) is 0 Å². The highest BCUT2D eigenvalue weighted by molar-refractivity contribution is 6.23. The van der Waals surface area contributed by atoms with Gasteiger partial charge in [0.25, 0.3) is 11.8 Å². The first kappa shape index (κ1) is 30.1. The van der Waals surface area contributed by atoms with E-state index in [4.69, 9.17) is 0 Å². The summed E-state index contributed by atoms with van der Waals surface area (Å²) in [6.07, 6.45) is 13.0. The van der Waals surface area contributed by atoms with Gasteiger partial charge in [0.1, 0.15) is 28.6 Å². The quantitative estimate of drug-likeness (QED) is 0.230. The number of nitrogens with zero attached hydrogens (tertiary/aromatic N) is 3. The third-order valence-electron chi connectivity index (χ3n) is 7.14. The number of para-hydroxylation sites is 1. The summed E-state index contributed by atoms with van der Waals surface area (Å²) in [5.74, 6) is -2.11. The highest BCUT2D eigenvalue weighted by atomic mass is 16.3. The van der Waals surface area contributed by atoms with Crippen LogP contribution in [0.15, 0.2) is 89.8 Å². The van der Waals surface area contributed by atoms with Crippen LogP contribution in [0.1, 0.15) is 74.1 Å². The molecule has 3 N–H and O–H groups in total. The van der Waals surface area contributed by atoms with Gasteiger partial charge in [0.15, 0.2) is 0 Å². The lowest BCUT2D eigenvalue weighted by Crippen LogP contribution is -2.30. The maximum Gasteiger partial charge on any atom is 0.264 e. The lowest BCUT2D eigenvalue weighted by Gasteiger charge is -2.27. The minimum Gasteiger partial charge on any atom is -0.508 e. The van der Waals surface area contributed by atoms with Crippen LogP contribution in [0.2, 0.25) is 0 Å². The Morgan fingerprint density at radius 3 is 2.26 bits per heavy atom. The number of phenolic OH excluding ortho intramolecular Hbond substituents is 3. The first-order valence-corrected chi connectivity index (χ1v) is 14.0. The van der Waals surface area contributed by atoms with Crippen LogP contribution in [0.25, 0.3) is 0 Å². The van der Waals surface area contributed by atoms with Crippen molar-refractivity contribution in [2.45, 2.75) is 53.4 Å². The highest BCUT2D eigenvalue weighted by Crippen LogP contribution is 2.50. The van der Waals surface area contributed by atoms with Crippen molar-refractivity contribution in [1.82, 2.24) is 4.98 Å². The summed E-state index contributed by atoms with van der Waals surface area (Å²) >= 11 is 0. The van der Waals surface area contributed by atoms with E-state index in [0.717, 1.165) is 42.2 Å². The SMILES string of the molecule is CC(C)=CCCC(C)=CCCC(C)=CCN1C(=O)c2cccc(O)c2N(C(=O)c2cccnc2)c2c(O)cc(O)cc21. The van der Waals surface area contributed by atoms with Crippen LogP contribution >= 0.6 is 0 Å². The Kier molecular flexibility index (Phi) is 9.47. The number of pyridine rings is 1. The van der Waals surface area contributed by atoms with Gasteiger partial charge in [-0.05, 0) is 77.6 Å². The number of aromatic nitrogens is 1. The number of anilines is 3. The van der Waals surface area contributed by atoms with E-state index < -0.39 is 17.6 Å². The van der Waals surface area contributed by atoms with Crippen LogP contribution in [0, 0.1) is 0 Å². The Balaban J connectivity index is 1.71. The van der Waals surface area contributed by atoms with E-state index in [9.17, 15) is 24.9 Å². The Hall–Kier alpha value is -4.85. The van der Waals surface area contributed by atoms with Gasteiger partial charge in [-0.1, -0.05) is 41.0 Å². The fraction of sp³-hybridized carbons (Fsp3) is 0.265. The second-order valence-corrected chi connectivity index (χ2v) is 10.8. The molecule has 218 valence electrons. The molecule has 1 aliphatic heterocycles. The van der Waals surface area contributed by atoms with Crippen molar-refractivity contribution in [3.8, 4) is 17.2 Å². The largest absolute Gasteiger partial charge is 0.508 e. The van der Waals surface area contributed by atoms with Crippen molar-refractivity contribution in [3.05, 3.63) is 101 Å². The number of allylic oxidation sites excluding steroid dienone is 5. The monoisotopic (exact) mass is 567 g/mol. The normalized spacial score (nSPS) is 13.4. The molecule has 0 spiro atoms. The Morgan fingerprint density at radius 1 is 0.857 bits per heavy atom. The summed E-state index contributed by atoms with van der Waals surface area (Å²) in [7, 11) is 0. The van der Waals surface area contributed by atoms with E-state index in [0.29, 0.717) is 0 Å². The van der Waals surface area contributed by atoms with Crippen molar-refractivity contribution in [3.63, 3.8) is 0 Å². The molecule has 0 atom stereocenters.